The molecule has 0 radical (unpaired) electrons. The van der Waals surface area contributed by atoms with E-state index in [0.717, 1.165) is 23.7 Å². The number of hydrogen-bond acceptors (Lipinski definition) is 2. The number of nitriles is 1. The number of hydrogen-bond donors (Lipinski definition) is 0. The molecule has 1 aromatic carbocycles. The molecule has 2 nitrogen and oxygen atoms in total. The van der Waals surface area contributed by atoms with E-state index >= 15 is 0 Å². The predicted molar refractivity (Wildman–Crippen MR) is 57.5 cm³/mol. The molecule has 0 aliphatic carbocycles. The smallest absolute Gasteiger partial charge is 0.0679 e. The fraction of sp³-hybridized carbons (Fsp3) is 0.364. The van der Waals surface area contributed by atoms with Crippen LogP contribution in [0.3, 0.4) is 0 Å². The first-order valence-electron chi connectivity index (χ1n) is 4.60. The summed E-state index contributed by atoms with van der Waals surface area (Å²) in [6.07, 6.45) is 0.816. The van der Waals surface area contributed by atoms with Gasteiger partial charge in [0.2, 0.25) is 0 Å². The molecule has 1 aliphatic heterocycles. The second-order valence-corrected chi connectivity index (χ2v) is 4.07. The van der Waals surface area contributed by atoms with Crippen molar-refractivity contribution in [3.8, 4) is 6.07 Å². The molecule has 0 N–H and O–H groups in total. The Morgan fingerprint density at radius 2 is 2.36 bits per heavy atom. The van der Waals surface area contributed by atoms with E-state index in [-0.39, 0.29) is 5.92 Å². The van der Waals surface area contributed by atoms with E-state index in [1.54, 1.807) is 0 Å². The zero-order chi connectivity index (χ0) is 10.1. The highest BCUT2D eigenvalue weighted by atomic mass is 35.5. The van der Waals surface area contributed by atoms with Gasteiger partial charge < -0.3 is 4.90 Å². The van der Waals surface area contributed by atoms with Gasteiger partial charge in [-0.05, 0) is 18.1 Å². The van der Waals surface area contributed by atoms with E-state index in [9.17, 15) is 0 Å². The van der Waals surface area contributed by atoms with Crippen molar-refractivity contribution in [1.82, 2.24) is 0 Å². The monoisotopic (exact) mass is 206 g/mol. The highest BCUT2D eigenvalue weighted by Crippen LogP contribution is 2.34. The fourth-order valence-electron chi connectivity index (χ4n) is 1.99. The van der Waals surface area contributed by atoms with Crippen LogP contribution in [0.1, 0.15) is 5.56 Å². The molecule has 0 aromatic heterocycles. The van der Waals surface area contributed by atoms with Crippen molar-refractivity contribution in [2.45, 2.75) is 6.42 Å². The Bertz CT molecular complexity index is 395. The maximum atomic E-state index is 8.89. The number of benzene rings is 1. The molecule has 2 rings (SSSR count). The average Bonchev–Trinajstić information content (AvgIpc) is 2.17. The summed E-state index contributed by atoms with van der Waals surface area (Å²) < 4.78 is 0. The Morgan fingerprint density at radius 3 is 3.07 bits per heavy atom. The molecule has 0 amide bonds. The number of anilines is 1. The summed E-state index contributed by atoms with van der Waals surface area (Å²) in [7, 11) is 1.98. The molecule has 0 bridgehead atoms. The zero-order valence-electron chi connectivity index (χ0n) is 8.00. The summed E-state index contributed by atoms with van der Waals surface area (Å²) in [6.45, 7) is 0.771. The summed E-state index contributed by atoms with van der Waals surface area (Å²) in [6, 6.07) is 8.18. The van der Waals surface area contributed by atoms with E-state index in [0.29, 0.717) is 0 Å². The van der Waals surface area contributed by atoms with Crippen LogP contribution in [0.15, 0.2) is 18.2 Å². The van der Waals surface area contributed by atoms with Gasteiger partial charge in [0.05, 0.1) is 22.7 Å². The molecule has 1 aliphatic rings. The van der Waals surface area contributed by atoms with Crippen molar-refractivity contribution in [1.29, 1.82) is 5.26 Å². The molecule has 0 spiro atoms. The molecule has 0 fully saturated rings. The van der Waals surface area contributed by atoms with Crippen molar-refractivity contribution in [2.24, 2.45) is 5.92 Å². The van der Waals surface area contributed by atoms with Crippen LogP contribution >= 0.6 is 11.6 Å². The summed E-state index contributed by atoms with van der Waals surface area (Å²) in [5.74, 6) is 0.0889. The average molecular weight is 207 g/mol. The summed E-state index contributed by atoms with van der Waals surface area (Å²) in [5, 5.41) is 9.67. The first kappa shape index (κ1) is 9.36. The third-order valence-corrected chi connectivity index (χ3v) is 2.90. The first-order valence-corrected chi connectivity index (χ1v) is 4.98. The van der Waals surface area contributed by atoms with Gasteiger partial charge >= 0.3 is 0 Å². The van der Waals surface area contributed by atoms with Gasteiger partial charge in [0.25, 0.3) is 0 Å². The van der Waals surface area contributed by atoms with Gasteiger partial charge in [0.1, 0.15) is 0 Å². The van der Waals surface area contributed by atoms with Crippen molar-refractivity contribution in [3.05, 3.63) is 28.8 Å². The standard InChI is InChI=1S/C11H11ClN2/c1-14-7-8(6-13)5-9-3-2-4-10(12)11(9)14/h2-4,8H,5,7H2,1H3. The van der Waals surface area contributed by atoms with E-state index in [2.05, 4.69) is 11.0 Å². The van der Waals surface area contributed by atoms with Crippen LogP contribution in [0.4, 0.5) is 5.69 Å². The van der Waals surface area contributed by atoms with Crippen molar-refractivity contribution in [3.63, 3.8) is 0 Å². The number of nitrogens with zero attached hydrogens (tertiary/aromatic N) is 2. The lowest BCUT2D eigenvalue weighted by Gasteiger charge is -2.31. The molecule has 0 saturated heterocycles. The molecule has 14 heavy (non-hydrogen) atoms. The maximum absolute atomic E-state index is 8.89. The molecule has 1 unspecified atom stereocenters. The van der Waals surface area contributed by atoms with Gasteiger partial charge in [-0.15, -0.1) is 0 Å². The minimum absolute atomic E-state index is 0.0889. The van der Waals surface area contributed by atoms with Crippen LogP contribution in [-0.4, -0.2) is 13.6 Å². The molecule has 1 atom stereocenters. The molecule has 1 aromatic rings. The lowest BCUT2D eigenvalue weighted by molar-refractivity contribution is 0.619. The van der Waals surface area contributed by atoms with E-state index in [1.165, 1.54) is 5.56 Å². The number of halogens is 1. The molecule has 72 valence electrons. The highest BCUT2D eigenvalue weighted by molar-refractivity contribution is 6.33. The van der Waals surface area contributed by atoms with Gasteiger partial charge in [0, 0.05) is 13.6 Å². The maximum Gasteiger partial charge on any atom is 0.0679 e. The summed E-state index contributed by atoms with van der Waals surface area (Å²) in [4.78, 5) is 2.06. The van der Waals surface area contributed by atoms with Gasteiger partial charge in [-0.2, -0.15) is 5.26 Å². The number of rotatable bonds is 0. The van der Waals surface area contributed by atoms with Crippen LogP contribution in [-0.2, 0) is 6.42 Å². The van der Waals surface area contributed by atoms with Gasteiger partial charge in [-0.3, -0.25) is 0 Å². The largest absolute Gasteiger partial charge is 0.372 e. The second kappa shape index (κ2) is 3.51. The first-order chi connectivity index (χ1) is 6.72. The predicted octanol–water partition coefficient (Wildman–Crippen LogP) is 2.47. The van der Waals surface area contributed by atoms with Crippen LogP contribution in [0, 0.1) is 17.2 Å². The topological polar surface area (TPSA) is 27.0 Å². The Hall–Kier alpha value is -1.20. The van der Waals surface area contributed by atoms with E-state index in [1.807, 2.05) is 25.2 Å². The van der Waals surface area contributed by atoms with E-state index < -0.39 is 0 Å². The molecule has 1 heterocycles. The van der Waals surface area contributed by atoms with Crippen LogP contribution in [0.5, 0.6) is 0 Å². The lowest BCUT2D eigenvalue weighted by atomic mass is 9.94. The Balaban J connectivity index is 2.46. The SMILES string of the molecule is CN1CC(C#N)Cc2cccc(Cl)c21. The van der Waals surface area contributed by atoms with Gasteiger partial charge in [0.15, 0.2) is 0 Å². The summed E-state index contributed by atoms with van der Waals surface area (Å²) >= 11 is 6.10. The minimum Gasteiger partial charge on any atom is -0.372 e. The minimum atomic E-state index is 0.0889. The summed E-state index contributed by atoms with van der Waals surface area (Å²) in [5.41, 5.74) is 2.26. The molecule has 0 saturated carbocycles. The number of para-hydroxylation sites is 1. The normalized spacial score (nSPS) is 20.1. The van der Waals surface area contributed by atoms with Crippen LogP contribution in [0.2, 0.25) is 5.02 Å². The van der Waals surface area contributed by atoms with Crippen LogP contribution < -0.4 is 4.90 Å². The third-order valence-electron chi connectivity index (χ3n) is 2.60. The second-order valence-electron chi connectivity index (χ2n) is 3.66. The quantitative estimate of drug-likeness (QED) is 0.652. The van der Waals surface area contributed by atoms with E-state index in [4.69, 9.17) is 16.9 Å². The van der Waals surface area contributed by atoms with Crippen molar-refractivity contribution < 1.29 is 0 Å². The van der Waals surface area contributed by atoms with Crippen LogP contribution in [0.25, 0.3) is 0 Å². The third kappa shape index (κ3) is 1.44. The lowest BCUT2D eigenvalue weighted by Crippen LogP contribution is -2.31. The molecule has 3 heteroatoms. The zero-order valence-corrected chi connectivity index (χ0v) is 8.75. The van der Waals surface area contributed by atoms with Gasteiger partial charge in [-0.25, -0.2) is 0 Å². The fourth-order valence-corrected chi connectivity index (χ4v) is 2.33. The van der Waals surface area contributed by atoms with Crippen molar-refractivity contribution in [2.75, 3.05) is 18.5 Å². The Kier molecular flexibility index (Phi) is 2.35. The highest BCUT2D eigenvalue weighted by Gasteiger charge is 2.23. The van der Waals surface area contributed by atoms with Crippen molar-refractivity contribution >= 4 is 17.3 Å². The van der Waals surface area contributed by atoms with Gasteiger partial charge in [-0.1, -0.05) is 23.7 Å². The molecular weight excluding hydrogens is 196 g/mol. The number of fused-ring (bicyclic) bond motifs is 1. The Labute approximate surface area is 88.7 Å². The molecular formula is C11H11ClN2. The Morgan fingerprint density at radius 1 is 1.57 bits per heavy atom.